The number of methoxy groups -OCH3 is 4. The fourth-order valence-corrected chi connectivity index (χ4v) is 3.27. The molecule has 3 aromatic carbocycles. The maximum absolute atomic E-state index is 12.8. The van der Waals surface area contributed by atoms with Crippen LogP contribution in [0.4, 0.5) is 0 Å². The van der Waals surface area contributed by atoms with Gasteiger partial charge in [0.05, 0.1) is 40.2 Å². The van der Waals surface area contributed by atoms with Gasteiger partial charge in [0.25, 0.3) is 5.91 Å². The fourth-order valence-electron chi connectivity index (χ4n) is 3.27. The molecule has 0 radical (unpaired) electrons. The fraction of sp³-hybridized carbons (Fsp3) is 0.222. The maximum atomic E-state index is 12.8. The van der Waals surface area contributed by atoms with Crippen molar-refractivity contribution < 1.29 is 38.0 Å². The van der Waals surface area contributed by atoms with Gasteiger partial charge in [-0.15, -0.1) is 0 Å². The molecular formula is C27H28N2O8. The molecule has 1 amide bonds. The number of amides is 1. The first-order valence-electron chi connectivity index (χ1n) is 11.1. The lowest BCUT2D eigenvalue weighted by molar-refractivity contribution is -0.123. The molecule has 3 rings (SSSR count). The Morgan fingerprint density at radius 3 is 2.16 bits per heavy atom. The third-order valence-electron chi connectivity index (χ3n) is 5.05. The van der Waals surface area contributed by atoms with Crippen LogP contribution < -0.4 is 33.8 Å². The number of hydrazone groups is 1. The summed E-state index contributed by atoms with van der Waals surface area (Å²) in [6.07, 6.45) is 1.43. The molecule has 37 heavy (non-hydrogen) atoms. The van der Waals surface area contributed by atoms with Crippen LogP contribution in [0.3, 0.4) is 0 Å². The number of hydrogen-bond acceptors (Lipinski definition) is 9. The molecule has 0 saturated carbocycles. The van der Waals surface area contributed by atoms with Crippen LogP contribution in [0.1, 0.15) is 21.5 Å². The number of carbonyl (C=O) groups excluding carboxylic acids is 2. The molecule has 0 aliphatic carbocycles. The highest BCUT2D eigenvalue weighted by Gasteiger charge is 2.19. The van der Waals surface area contributed by atoms with Gasteiger partial charge < -0.3 is 28.4 Å². The monoisotopic (exact) mass is 508 g/mol. The molecule has 0 saturated heterocycles. The Balaban J connectivity index is 1.64. The number of carbonyl (C=O) groups is 2. The van der Waals surface area contributed by atoms with Gasteiger partial charge in [-0.25, -0.2) is 10.2 Å². The molecule has 0 heterocycles. The number of nitrogens with zero attached hydrogens (tertiary/aromatic N) is 1. The predicted octanol–water partition coefficient (Wildman–Crippen LogP) is 3.78. The van der Waals surface area contributed by atoms with Gasteiger partial charge in [0.1, 0.15) is 5.75 Å². The molecular weight excluding hydrogens is 480 g/mol. The van der Waals surface area contributed by atoms with Crippen LogP contribution in [0.5, 0.6) is 34.5 Å². The highest BCUT2D eigenvalue weighted by atomic mass is 16.6. The Bertz CT molecular complexity index is 1260. The van der Waals surface area contributed by atoms with E-state index >= 15 is 0 Å². The van der Waals surface area contributed by atoms with Crippen LogP contribution in [0.25, 0.3) is 0 Å². The van der Waals surface area contributed by atoms with E-state index in [0.29, 0.717) is 34.3 Å². The van der Waals surface area contributed by atoms with Crippen molar-refractivity contribution in [3.63, 3.8) is 0 Å². The zero-order valence-electron chi connectivity index (χ0n) is 21.2. The first kappa shape index (κ1) is 26.9. The van der Waals surface area contributed by atoms with Gasteiger partial charge in [0.2, 0.25) is 5.75 Å². The van der Waals surface area contributed by atoms with Gasteiger partial charge in [-0.2, -0.15) is 5.10 Å². The van der Waals surface area contributed by atoms with E-state index in [1.807, 2.05) is 25.1 Å². The molecule has 3 aromatic rings. The SMILES string of the molecule is COc1cc(/C=N\NC(=O)COc2cccc(C)c2)ccc1OC(=O)c1cc(OC)c(OC)c(OC)c1. The van der Waals surface area contributed by atoms with Crippen molar-refractivity contribution in [3.05, 3.63) is 71.3 Å². The Morgan fingerprint density at radius 2 is 1.54 bits per heavy atom. The van der Waals surface area contributed by atoms with E-state index in [9.17, 15) is 9.59 Å². The molecule has 0 aliphatic heterocycles. The van der Waals surface area contributed by atoms with E-state index in [-0.39, 0.29) is 17.9 Å². The van der Waals surface area contributed by atoms with Gasteiger partial charge in [0, 0.05) is 0 Å². The van der Waals surface area contributed by atoms with Crippen molar-refractivity contribution in [2.75, 3.05) is 35.0 Å². The summed E-state index contributed by atoms with van der Waals surface area (Å²) in [6, 6.07) is 15.2. The summed E-state index contributed by atoms with van der Waals surface area (Å²) in [5, 5.41) is 3.93. The predicted molar refractivity (Wildman–Crippen MR) is 136 cm³/mol. The topological polar surface area (TPSA) is 114 Å². The van der Waals surface area contributed by atoms with Crippen LogP contribution in [0, 0.1) is 6.92 Å². The van der Waals surface area contributed by atoms with Gasteiger partial charge in [-0.1, -0.05) is 12.1 Å². The molecule has 0 spiro atoms. The summed E-state index contributed by atoms with van der Waals surface area (Å²) in [4.78, 5) is 24.8. The molecule has 0 fully saturated rings. The molecule has 10 heteroatoms. The summed E-state index contributed by atoms with van der Waals surface area (Å²) in [6.45, 7) is 1.75. The number of ether oxygens (including phenoxy) is 6. The van der Waals surface area contributed by atoms with Gasteiger partial charge >= 0.3 is 5.97 Å². The van der Waals surface area contributed by atoms with Crippen molar-refractivity contribution in [2.45, 2.75) is 6.92 Å². The van der Waals surface area contributed by atoms with Crippen molar-refractivity contribution in [2.24, 2.45) is 5.10 Å². The van der Waals surface area contributed by atoms with Crippen molar-refractivity contribution >= 4 is 18.1 Å². The number of nitrogens with one attached hydrogen (secondary N) is 1. The average molecular weight is 509 g/mol. The van der Waals surface area contributed by atoms with Crippen molar-refractivity contribution in [1.82, 2.24) is 5.43 Å². The number of hydrogen-bond donors (Lipinski definition) is 1. The van der Waals surface area contributed by atoms with Crippen LogP contribution in [0.2, 0.25) is 0 Å². The quantitative estimate of drug-likeness (QED) is 0.180. The zero-order chi connectivity index (χ0) is 26.8. The highest BCUT2D eigenvalue weighted by Crippen LogP contribution is 2.38. The standard InChI is InChI=1S/C27H28N2O8/c1-17-7-6-8-20(11-17)36-16-25(30)29-28-15-18-9-10-21(22(12-18)32-2)37-27(31)19-13-23(33-3)26(35-5)24(14-19)34-4/h6-15H,16H2,1-5H3,(H,29,30)/b28-15-. The molecule has 0 aliphatic rings. The molecule has 0 aromatic heterocycles. The smallest absolute Gasteiger partial charge is 0.343 e. The molecule has 10 nitrogen and oxygen atoms in total. The normalized spacial score (nSPS) is 10.5. The number of aryl methyl sites for hydroxylation is 1. The first-order valence-corrected chi connectivity index (χ1v) is 11.1. The lowest BCUT2D eigenvalue weighted by Gasteiger charge is -2.14. The van der Waals surface area contributed by atoms with Crippen LogP contribution in [-0.4, -0.2) is 53.1 Å². The van der Waals surface area contributed by atoms with E-state index in [2.05, 4.69) is 10.5 Å². The Morgan fingerprint density at radius 1 is 0.838 bits per heavy atom. The second-order valence-electron chi connectivity index (χ2n) is 7.61. The summed E-state index contributed by atoms with van der Waals surface area (Å²) in [5.74, 6) is 1.00. The Hall–Kier alpha value is -4.73. The lowest BCUT2D eigenvalue weighted by Crippen LogP contribution is -2.24. The maximum Gasteiger partial charge on any atom is 0.343 e. The van der Waals surface area contributed by atoms with E-state index in [1.165, 1.54) is 46.8 Å². The minimum absolute atomic E-state index is 0.181. The van der Waals surface area contributed by atoms with Crippen molar-refractivity contribution in [3.8, 4) is 34.5 Å². The molecule has 0 unspecified atom stereocenters. The largest absolute Gasteiger partial charge is 0.493 e. The lowest BCUT2D eigenvalue weighted by atomic mass is 10.1. The summed E-state index contributed by atoms with van der Waals surface area (Å²) < 4.78 is 32.2. The summed E-state index contributed by atoms with van der Waals surface area (Å²) in [5.41, 5.74) is 4.22. The van der Waals surface area contributed by atoms with Gasteiger partial charge in [0.15, 0.2) is 29.6 Å². The molecule has 1 N–H and O–H groups in total. The van der Waals surface area contributed by atoms with E-state index in [4.69, 9.17) is 28.4 Å². The summed E-state index contributed by atoms with van der Waals surface area (Å²) >= 11 is 0. The number of rotatable bonds is 11. The first-order chi connectivity index (χ1) is 17.9. The second kappa shape index (κ2) is 12.8. The van der Waals surface area contributed by atoms with E-state index in [1.54, 1.807) is 24.3 Å². The molecule has 194 valence electrons. The molecule has 0 atom stereocenters. The highest BCUT2D eigenvalue weighted by molar-refractivity contribution is 5.93. The Kier molecular flexibility index (Phi) is 9.31. The van der Waals surface area contributed by atoms with Crippen LogP contribution in [-0.2, 0) is 4.79 Å². The minimum atomic E-state index is -0.653. The van der Waals surface area contributed by atoms with E-state index < -0.39 is 11.9 Å². The minimum Gasteiger partial charge on any atom is -0.493 e. The van der Waals surface area contributed by atoms with Crippen molar-refractivity contribution in [1.29, 1.82) is 0 Å². The second-order valence-corrected chi connectivity index (χ2v) is 7.61. The number of esters is 1. The Labute approximate surface area is 214 Å². The van der Waals surface area contributed by atoms with Crippen LogP contribution in [0.15, 0.2) is 59.7 Å². The summed E-state index contributed by atoms with van der Waals surface area (Å²) in [7, 11) is 5.82. The number of benzene rings is 3. The zero-order valence-corrected chi connectivity index (χ0v) is 21.2. The molecule has 0 bridgehead atoms. The third kappa shape index (κ3) is 7.14. The van der Waals surface area contributed by atoms with Gasteiger partial charge in [-0.3, -0.25) is 4.79 Å². The third-order valence-corrected chi connectivity index (χ3v) is 5.05. The van der Waals surface area contributed by atoms with E-state index in [0.717, 1.165) is 5.56 Å². The van der Waals surface area contributed by atoms with Gasteiger partial charge in [-0.05, 0) is 60.5 Å². The average Bonchev–Trinajstić information content (AvgIpc) is 2.91. The van der Waals surface area contributed by atoms with Crippen LogP contribution >= 0.6 is 0 Å².